The van der Waals surface area contributed by atoms with Crippen molar-refractivity contribution >= 4 is 23.5 Å². The van der Waals surface area contributed by atoms with Gasteiger partial charge in [-0.2, -0.15) is 0 Å². The number of hydrogen-bond donors (Lipinski definition) is 2. The smallest absolute Gasteiger partial charge is 0.339 e. The van der Waals surface area contributed by atoms with Gasteiger partial charge in [0.25, 0.3) is 0 Å². The third-order valence-corrected chi connectivity index (χ3v) is 5.98. The fraction of sp³-hybridized carbons (Fsp3) is 0.444. The molecule has 1 aliphatic heterocycles. The van der Waals surface area contributed by atoms with Gasteiger partial charge in [-0.15, -0.1) is 0 Å². The summed E-state index contributed by atoms with van der Waals surface area (Å²) in [6.07, 6.45) is 3.72. The van der Waals surface area contributed by atoms with Crippen molar-refractivity contribution in [1.29, 1.82) is 0 Å². The quantitative estimate of drug-likeness (QED) is 0.464. The molecule has 2 aromatic rings. The van der Waals surface area contributed by atoms with Crippen molar-refractivity contribution in [2.75, 3.05) is 31.2 Å². The number of rotatable bonds is 11. The van der Waals surface area contributed by atoms with Gasteiger partial charge in [0.2, 0.25) is 5.91 Å². The number of ether oxygens (including phenoxy) is 2. The molecule has 1 heterocycles. The van der Waals surface area contributed by atoms with Crippen molar-refractivity contribution in [1.82, 2.24) is 5.32 Å². The zero-order valence-electron chi connectivity index (χ0n) is 20.4. The Labute approximate surface area is 206 Å². The van der Waals surface area contributed by atoms with Crippen LogP contribution in [0.5, 0.6) is 5.75 Å². The normalized spacial score (nSPS) is 14.2. The van der Waals surface area contributed by atoms with Gasteiger partial charge in [-0.25, -0.2) is 4.79 Å². The zero-order valence-corrected chi connectivity index (χ0v) is 20.4. The van der Waals surface area contributed by atoms with Crippen LogP contribution in [-0.2, 0) is 20.7 Å². The largest absolute Gasteiger partial charge is 0.493 e. The van der Waals surface area contributed by atoms with Gasteiger partial charge in [-0.1, -0.05) is 31.2 Å². The number of amides is 1. The third-order valence-electron chi connectivity index (χ3n) is 5.98. The maximum Gasteiger partial charge on any atom is 0.339 e. The van der Waals surface area contributed by atoms with Gasteiger partial charge < -0.3 is 24.8 Å². The van der Waals surface area contributed by atoms with Crippen LogP contribution in [0.3, 0.4) is 0 Å². The SMILES string of the molecule is CCOc1cc(CC(=O)NC(COC(=O)CC)c2ccccc2N2CCCCC2)ccc1C(=O)O. The molecule has 0 spiro atoms. The molecule has 1 atom stereocenters. The van der Waals surface area contributed by atoms with Crippen LogP contribution in [0.15, 0.2) is 42.5 Å². The maximum atomic E-state index is 13.1. The minimum Gasteiger partial charge on any atom is -0.493 e. The summed E-state index contributed by atoms with van der Waals surface area (Å²) in [6.45, 7) is 5.74. The molecule has 0 saturated carbocycles. The lowest BCUT2D eigenvalue weighted by Gasteiger charge is -2.32. The van der Waals surface area contributed by atoms with Crippen LogP contribution in [0, 0.1) is 0 Å². The zero-order chi connectivity index (χ0) is 25.2. The summed E-state index contributed by atoms with van der Waals surface area (Å²) in [7, 11) is 0. The van der Waals surface area contributed by atoms with E-state index < -0.39 is 12.0 Å². The molecule has 1 aliphatic rings. The first-order chi connectivity index (χ1) is 16.9. The molecule has 188 valence electrons. The second-order valence-corrected chi connectivity index (χ2v) is 8.51. The van der Waals surface area contributed by atoms with Gasteiger partial charge in [-0.3, -0.25) is 9.59 Å². The lowest BCUT2D eigenvalue weighted by Crippen LogP contribution is -2.36. The topological polar surface area (TPSA) is 105 Å². The molecule has 8 heteroatoms. The summed E-state index contributed by atoms with van der Waals surface area (Å²) in [6, 6.07) is 12.0. The fourth-order valence-corrected chi connectivity index (χ4v) is 4.25. The first-order valence-electron chi connectivity index (χ1n) is 12.2. The average molecular weight is 483 g/mol. The van der Waals surface area contributed by atoms with Gasteiger partial charge >= 0.3 is 11.9 Å². The Kier molecular flexibility index (Phi) is 9.52. The van der Waals surface area contributed by atoms with E-state index >= 15 is 0 Å². The van der Waals surface area contributed by atoms with Gasteiger partial charge in [0.05, 0.1) is 19.1 Å². The van der Waals surface area contributed by atoms with Crippen molar-refractivity contribution in [3.8, 4) is 5.75 Å². The molecule has 0 aliphatic carbocycles. The highest BCUT2D eigenvalue weighted by molar-refractivity contribution is 5.91. The van der Waals surface area contributed by atoms with E-state index in [1.807, 2.05) is 24.3 Å². The number of benzene rings is 2. The van der Waals surface area contributed by atoms with Crippen molar-refractivity contribution < 1.29 is 29.0 Å². The maximum absolute atomic E-state index is 13.1. The molecule has 2 N–H and O–H groups in total. The highest BCUT2D eigenvalue weighted by Gasteiger charge is 2.23. The fourth-order valence-electron chi connectivity index (χ4n) is 4.25. The highest BCUT2D eigenvalue weighted by Crippen LogP contribution is 2.29. The molecule has 0 aromatic heterocycles. The Morgan fingerprint density at radius 2 is 1.80 bits per heavy atom. The molecule has 1 saturated heterocycles. The molecule has 0 radical (unpaired) electrons. The number of para-hydroxylation sites is 1. The summed E-state index contributed by atoms with van der Waals surface area (Å²) < 4.78 is 10.9. The van der Waals surface area contributed by atoms with Crippen molar-refractivity contribution in [2.24, 2.45) is 0 Å². The first-order valence-corrected chi connectivity index (χ1v) is 12.2. The summed E-state index contributed by atoms with van der Waals surface area (Å²) in [5, 5.41) is 12.4. The molecular weight excluding hydrogens is 448 g/mol. The Morgan fingerprint density at radius 3 is 2.49 bits per heavy atom. The number of anilines is 1. The number of hydrogen-bond acceptors (Lipinski definition) is 6. The van der Waals surface area contributed by atoms with Crippen LogP contribution in [0.25, 0.3) is 0 Å². The van der Waals surface area contributed by atoms with Crippen LogP contribution < -0.4 is 15.0 Å². The van der Waals surface area contributed by atoms with Gasteiger partial charge in [-0.05, 0) is 49.9 Å². The molecule has 3 rings (SSSR count). The third kappa shape index (κ3) is 7.21. The van der Waals surface area contributed by atoms with E-state index in [1.165, 1.54) is 12.5 Å². The molecule has 35 heavy (non-hydrogen) atoms. The molecule has 2 aromatic carbocycles. The van der Waals surface area contributed by atoms with Crippen LogP contribution >= 0.6 is 0 Å². The summed E-state index contributed by atoms with van der Waals surface area (Å²) in [5.74, 6) is -1.45. The van der Waals surface area contributed by atoms with E-state index in [-0.39, 0.29) is 42.6 Å². The summed E-state index contributed by atoms with van der Waals surface area (Å²) >= 11 is 0. The van der Waals surface area contributed by atoms with Crippen molar-refractivity contribution in [2.45, 2.75) is 52.0 Å². The summed E-state index contributed by atoms with van der Waals surface area (Å²) in [4.78, 5) is 38.7. The van der Waals surface area contributed by atoms with E-state index in [4.69, 9.17) is 9.47 Å². The summed E-state index contributed by atoms with van der Waals surface area (Å²) in [5.41, 5.74) is 2.62. The lowest BCUT2D eigenvalue weighted by molar-refractivity contribution is -0.144. The number of esters is 1. The molecule has 8 nitrogen and oxygen atoms in total. The van der Waals surface area contributed by atoms with E-state index in [0.29, 0.717) is 12.2 Å². The molecule has 1 unspecified atom stereocenters. The van der Waals surface area contributed by atoms with E-state index in [2.05, 4.69) is 10.2 Å². The Balaban J connectivity index is 1.81. The second kappa shape index (κ2) is 12.8. The molecule has 1 fully saturated rings. The number of carbonyl (C=O) groups is 3. The van der Waals surface area contributed by atoms with Crippen LogP contribution in [-0.4, -0.2) is 49.3 Å². The number of carboxylic acid groups (broad SMARTS) is 1. The van der Waals surface area contributed by atoms with Crippen molar-refractivity contribution in [3.63, 3.8) is 0 Å². The number of carboxylic acids is 1. The van der Waals surface area contributed by atoms with Gasteiger partial charge in [0.1, 0.15) is 17.9 Å². The average Bonchev–Trinajstić information content (AvgIpc) is 2.87. The van der Waals surface area contributed by atoms with Gasteiger partial charge in [0, 0.05) is 30.8 Å². The lowest BCUT2D eigenvalue weighted by atomic mass is 10.0. The predicted molar refractivity (Wildman–Crippen MR) is 133 cm³/mol. The van der Waals surface area contributed by atoms with E-state index in [9.17, 15) is 19.5 Å². The highest BCUT2D eigenvalue weighted by atomic mass is 16.5. The Bertz CT molecular complexity index is 1030. The standard InChI is InChI=1S/C27H34N2O6/c1-3-26(31)35-18-22(20-10-6-7-11-23(20)29-14-8-5-9-15-29)28-25(30)17-19-12-13-21(27(32)33)24(16-19)34-4-2/h6-7,10-13,16,22H,3-5,8-9,14-15,17-18H2,1-2H3,(H,28,30)(H,32,33). The molecular formula is C27H34N2O6. The monoisotopic (exact) mass is 482 g/mol. The Morgan fingerprint density at radius 1 is 1.06 bits per heavy atom. The molecule has 0 bridgehead atoms. The van der Waals surface area contributed by atoms with Crippen molar-refractivity contribution in [3.05, 3.63) is 59.2 Å². The number of carbonyl (C=O) groups excluding carboxylic acids is 2. The van der Waals surface area contributed by atoms with Crippen LogP contribution in [0.2, 0.25) is 0 Å². The predicted octanol–water partition coefficient (Wildman–Crippen LogP) is 4.13. The van der Waals surface area contributed by atoms with E-state index in [1.54, 1.807) is 26.0 Å². The number of piperidine rings is 1. The van der Waals surface area contributed by atoms with Gasteiger partial charge in [0.15, 0.2) is 0 Å². The minimum atomic E-state index is -1.09. The second-order valence-electron chi connectivity index (χ2n) is 8.51. The van der Waals surface area contributed by atoms with Crippen LogP contribution in [0.4, 0.5) is 5.69 Å². The van der Waals surface area contributed by atoms with Crippen LogP contribution in [0.1, 0.15) is 67.1 Å². The molecule has 1 amide bonds. The minimum absolute atomic E-state index is 0.0318. The van der Waals surface area contributed by atoms with E-state index in [0.717, 1.165) is 37.2 Å². The first kappa shape index (κ1) is 26.1. The Hall–Kier alpha value is -3.55. The number of nitrogens with one attached hydrogen (secondary N) is 1. The number of nitrogens with zero attached hydrogens (tertiary/aromatic N) is 1. The number of aromatic carboxylic acids is 1.